The Kier molecular flexibility index (Phi) is 6.70. The quantitative estimate of drug-likeness (QED) is 0.543. The minimum atomic E-state index is -0.775. The van der Waals surface area contributed by atoms with Crippen LogP contribution in [0.2, 0.25) is 0 Å². The van der Waals surface area contributed by atoms with E-state index in [0.717, 1.165) is 0 Å². The van der Waals surface area contributed by atoms with Crippen molar-refractivity contribution in [2.45, 2.75) is 20.8 Å². The molecule has 54 valence electrons. The maximum Gasteiger partial charge on any atom is 0.358 e. The Morgan fingerprint density at radius 3 is 1.20 bits per heavy atom. The molecule has 0 aromatic heterocycles. The SMILES string of the molecule is CC=[CH][Al]([CH]=CC)[CH]=CC. The monoisotopic (exact) mass is 150 g/mol. The molecule has 0 N–H and O–H groups in total. The minimum absolute atomic E-state index is 0.775. The fraction of sp³-hybridized carbons (Fsp3) is 0.333. The van der Waals surface area contributed by atoms with Gasteiger partial charge in [0.1, 0.15) is 0 Å². The molecular weight excluding hydrogens is 135 g/mol. The van der Waals surface area contributed by atoms with Crippen molar-refractivity contribution in [3.05, 3.63) is 33.0 Å². The molecule has 0 bridgehead atoms. The van der Waals surface area contributed by atoms with Gasteiger partial charge in [0, 0.05) is 0 Å². The maximum absolute atomic E-state index is 2.31. The van der Waals surface area contributed by atoms with Gasteiger partial charge in [-0.05, 0) is 20.8 Å². The zero-order valence-electron chi connectivity index (χ0n) is 7.04. The van der Waals surface area contributed by atoms with Gasteiger partial charge in [0.25, 0.3) is 0 Å². The minimum Gasteiger partial charge on any atom is -0.140 e. The average molecular weight is 150 g/mol. The number of allylic oxidation sites excluding steroid dienone is 3. The Labute approximate surface area is 68.3 Å². The topological polar surface area (TPSA) is 0 Å². The second-order valence-corrected chi connectivity index (χ2v) is 4.46. The van der Waals surface area contributed by atoms with Crippen molar-refractivity contribution >= 4 is 14.1 Å². The van der Waals surface area contributed by atoms with Crippen molar-refractivity contribution in [2.75, 3.05) is 0 Å². The van der Waals surface area contributed by atoms with Crippen molar-refractivity contribution in [1.29, 1.82) is 0 Å². The molecule has 0 rings (SSSR count). The van der Waals surface area contributed by atoms with Gasteiger partial charge < -0.3 is 0 Å². The van der Waals surface area contributed by atoms with E-state index in [0.29, 0.717) is 0 Å². The Balaban J connectivity index is 3.97. The molecule has 0 aromatic carbocycles. The lowest BCUT2D eigenvalue weighted by Crippen LogP contribution is -2.00. The predicted octanol–water partition coefficient (Wildman–Crippen LogP) is 2.83. The molecule has 0 radical (unpaired) electrons. The molecule has 0 spiro atoms. The van der Waals surface area contributed by atoms with E-state index in [2.05, 4.69) is 53.8 Å². The molecule has 1 heteroatoms. The fourth-order valence-electron chi connectivity index (χ4n) is 0.859. The van der Waals surface area contributed by atoms with E-state index in [1.807, 2.05) is 0 Å². The number of hydrogen-bond donors (Lipinski definition) is 0. The van der Waals surface area contributed by atoms with Gasteiger partial charge in [-0.3, -0.25) is 0 Å². The van der Waals surface area contributed by atoms with E-state index in [-0.39, 0.29) is 0 Å². The first kappa shape index (κ1) is 9.75. The van der Waals surface area contributed by atoms with Gasteiger partial charge in [-0.25, -0.2) is 0 Å². The van der Waals surface area contributed by atoms with Gasteiger partial charge in [0.05, 0.1) is 0 Å². The van der Waals surface area contributed by atoms with Crippen LogP contribution in [0.15, 0.2) is 33.0 Å². The highest BCUT2D eigenvalue weighted by atomic mass is 27.2. The van der Waals surface area contributed by atoms with Gasteiger partial charge in [0.15, 0.2) is 0 Å². The van der Waals surface area contributed by atoms with Crippen LogP contribution in [0, 0.1) is 0 Å². The van der Waals surface area contributed by atoms with Crippen LogP contribution in [0.5, 0.6) is 0 Å². The number of rotatable bonds is 3. The highest BCUT2D eigenvalue weighted by Crippen LogP contribution is 1.90. The summed E-state index contributed by atoms with van der Waals surface area (Å²) in [5.74, 6) is 0. The van der Waals surface area contributed by atoms with Gasteiger partial charge in [-0.1, -0.05) is 0 Å². The third-order valence-electron chi connectivity index (χ3n) is 1.24. The molecule has 0 fully saturated rings. The summed E-state index contributed by atoms with van der Waals surface area (Å²) < 4.78 is 0. The van der Waals surface area contributed by atoms with E-state index in [1.165, 1.54) is 0 Å². The Bertz CT molecular complexity index is 114. The molecule has 0 atom stereocenters. The van der Waals surface area contributed by atoms with Crippen molar-refractivity contribution in [1.82, 2.24) is 0 Å². The van der Waals surface area contributed by atoms with Gasteiger partial charge in [0.2, 0.25) is 0 Å². The summed E-state index contributed by atoms with van der Waals surface area (Å²) in [5.41, 5.74) is 0. The largest absolute Gasteiger partial charge is 0.358 e. The summed E-state index contributed by atoms with van der Waals surface area (Å²) in [6.45, 7) is 6.23. The van der Waals surface area contributed by atoms with E-state index in [1.54, 1.807) is 0 Å². The first-order valence-electron chi connectivity index (χ1n) is 3.73. The van der Waals surface area contributed by atoms with E-state index in [4.69, 9.17) is 0 Å². The van der Waals surface area contributed by atoms with Crippen molar-refractivity contribution in [2.24, 2.45) is 0 Å². The Morgan fingerprint density at radius 2 is 1.00 bits per heavy atom. The first-order valence-corrected chi connectivity index (χ1v) is 5.73. The van der Waals surface area contributed by atoms with Crippen LogP contribution < -0.4 is 0 Å². The zero-order valence-corrected chi connectivity index (χ0v) is 8.20. The van der Waals surface area contributed by atoms with Crippen LogP contribution in [0.3, 0.4) is 0 Å². The third-order valence-corrected chi connectivity index (χ3v) is 3.73. The molecule has 0 saturated carbocycles. The van der Waals surface area contributed by atoms with Crippen LogP contribution in [-0.4, -0.2) is 14.1 Å². The van der Waals surface area contributed by atoms with Crippen LogP contribution in [0.1, 0.15) is 20.8 Å². The maximum atomic E-state index is 2.31. The summed E-state index contributed by atoms with van der Waals surface area (Å²) >= 11 is -0.775. The molecule has 0 heterocycles. The predicted molar refractivity (Wildman–Crippen MR) is 50.2 cm³/mol. The average Bonchev–Trinajstić information content (AvgIpc) is 1.90. The molecule has 0 amide bonds. The smallest absolute Gasteiger partial charge is 0.140 e. The van der Waals surface area contributed by atoms with Crippen molar-refractivity contribution in [3.63, 3.8) is 0 Å². The molecule has 0 saturated heterocycles. The van der Waals surface area contributed by atoms with Crippen LogP contribution >= 0.6 is 0 Å². The highest BCUT2D eigenvalue weighted by molar-refractivity contribution is 6.74. The van der Waals surface area contributed by atoms with Crippen LogP contribution in [-0.2, 0) is 0 Å². The first-order chi connectivity index (χ1) is 4.85. The molecule has 0 aliphatic heterocycles. The molecular formula is C9H15Al. The molecule has 0 aromatic rings. The second-order valence-electron chi connectivity index (χ2n) is 2.15. The summed E-state index contributed by atoms with van der Waals surface area (Å²) in [6.07, 6.45) is 6.41. The van der Waals surface area contributed by atoms with Crippen LogP contribution in [0.25, 0.3) is 0 Å². The lowest BCUT2D eigenvalue weighted by Gasteiger charge is -1.88. The van der Waals surface area contributed by atoms with Gasteiger partial charge in [-0.15, -0.1) is 33.0 Å². The Hall–Kier alpha value is -0.248. The Morgan fingerprint density at radius 1 is 0.700 bits per heavy atom. The highest BCUT2D eigenvalue weighted by Gasteiger charge is 2.00. The summed E-state index contributed by atoms with van der Waals surface area (Å²) in [7, 11) is 0. The zero-order chi connectivity index (χ0) is 7.82. The summed E-state index contributed by atoms with van der Waals surface area (Å²) in [6, 6.07) is 0. The molecule has 0 aliphatic carbocycles. The second kappa shape index (κ2) is 6.87. The van der Waals surface area contributed by atoms with E-state index < -0.39 is 14.1 Å². The fourth-order valence-corrected chi connectivity index (χ4v) is 2.58. The normalized spacial score (nSPS) is 12.3. The van der Waals surface area contributed by atoms with Crippen molar-refractivity contribution in [3.8, 4) is 0 Å². The van der Waals surface area contributed by atoms with E-state index >= 15 is 0 Å². The lowest BCUT2D eigenvalue weighted by atomic mass is 10.8. The molecule has 0 aliphatic rings. The molecule has 0 nitrogen and oxygen atoms in total. The van der Waals surface area contributed by atoms with E-state index in [9.17, 15) is 0 Å². The van der Waals surface area contributed by atoms with Gasteiger partial charge in [-0.2, -0.15) is 0 Å². The molecule has 10 heavy (non-hydrogen) atoms. The summed E-state index contributed by atoms with van der Waals surface area (Å²) in [4.78, 5) is 6.92. The molecule has 0 unspecified atom stereocenters. The standard InChI is InChI=1S/3C3H5.Al/c3*1-3-2;/h3*1,3H,2H3;. The summed E-state index contributed by atoms with van der Waals surface area (Å²) in [5, 5.41) is 0. The lowest BCUT2D eigenvalue weighted by molar-refractivity contribution is 1.73. The van der Waals surface area contributed by atoms with Crippen molar-refractivity contribution < 1.29 is 0 Å². The third kappa shape index (κ3) is 4.61. The van der Waals surface area contributed by atoms with Gasteiger partial charge >= 0.3 is 14.1 Å². The number of hydrogen-bond acceptors (Lipinski definition) is 0. The van der Waals surface area contributed by atoms with Crippen LogP contribution in [0.4, 0.5) is 0 Å².